The van der Waals surface area contributed by atoms with Gasteiger partial charge in [-0.3, -0.25) is 14.1 Å². The number of nitrogens with zero attached hydrogens (tertiary/aromatic N) is 6. The molecule has 3 heterocycles. The maximum atomic E-state index is 13.1. The SMILES string of the molecule is CCCCCc1cn(CC(C)C)c(=O)n1Cc1ccc(-c2ncccc2-c2nnn[nH]2)cc1. The molecule has 0 aliphatic rings. The Balaban J connectivity index is 1.60. The van der Waals surface area contributed by atoms with Gasteiger partial charge >= 0.3 is 5.69 Å². The van der Waals surface area contributed by atoms with Crippen molar-refractivity contribution >= 4 is 0 Å². The average molecular weight is 446 g/mol. The first-order valence-electron chi connectivity index (χ1n) is 11.6. The van der Waals surface area contributed by atoms with Crippen molar-refractivity contribution < 1.29 is 0 Å². The van der Waals surface area contributed by atoms with Gasteiger partial charge in [0.2, 0.25) is 0 Å². The van der Waals surface area contributed by atoms with Gasteiger partial charge in [0.1, 0.15) is 0 Å². The topological polar surface area (TPSA) is 94.3 Å². The van der Waals surface area contributed by atoms with Crippen molar-refractivity contribution in [2.75, 3.05) is 0 Å². The van der Waals surface area contributed by atoms with E-state index in [0.717, 1.165) is 53.9 Å². The lowest BCUT2D eigenvalue weighted by Gasteiger charge is -2.10. The summed E-state index contributed by atoms with van der Waals surface area (Å²) in [5, 5.41) is 14.2. The van der Waals surface area contributed by atoms with Crippen molar-refractivity contribution in [3.63, 3.8) is 0 Å². The molecule has 4 aromatic rings. The molecule has 0 saturated heterocycles. The van der Waals surface area contributed by atoms with Crippen LogP contribution < -0.4 is 5.69 Å². The third-order valence-electron chi connectivity index (χ3n) is 5.70. The molecule has 0 fully saturated rings. The van der Waals surface area contributed by atoms with E-state index in [-0.39, 0.29) is 5.69 Å². The fraction of sp³-hybridized carbons (Fsp3) is 0.400. The Kier molecular flexibility index (Phi) is 7.12. The monoisotopic (exact) mass is 445 g/mol. The van der Waals surface area contributed by atoms with Gasteiger partial charge < -0.3 is 0 Å². The molecule has 4 rings (SSSR count). The van der Waals surface area contributed by atoms with Crippen molar-refractivity contribution in [1.82, 2.24) is 34.7 Å². The molecule has 0 unspecified atom stereocenters. The highest BCUT2D eigenvalue weighted by molar-refractivity contribution is 5.76. The van der Waals surface area contributed by atoms with Crippen molar-refractivity contribution in [2.45, 2.75) is 59.5 Å². The summed E-state index contributed by atoms with van der Waals surface area (Å²) in [5.74, 6) is 1.00. The number of H-pyrrole nitrogens is 1. The third-order valence-corrected chi connectivity index (χ3v) is 5.70. The summed E-state index contributed by atoms with van der Waals surface area (Å²) in [6.07, 6.45) is 8.17. The van der Waals surface area contributed by atoms with Crippen LogP contribution in [0.25, 0.3) is 22.6 Å². The second-order valence-corrected chi connectivity index (χ2v) is 8.84. The van der Waals surface area contributed by atoms with E-state index < -0.39 is 0 Å². The second-order valence-electron chi connectivity index (χ2n) is 8.84. The largest absolute Gasteiger partial charge is 0.328 e. The molecule has 0 aliphatic heterocycles. The molecular weight excluding hydrogens is 414 g/mol. The zero-order valence-corrected chi connectivity index (χ0v) is 19.5. The van der Waals surface area contributed by atoms with E-state index in [1.807, 2.05) is 33.4 Å². The highest BCUT2D eigenvalue weighted by atomic mass is 16.1. The van der Waals surface area contributed by atoms with Crippen LogP contribution in [-0.2, 0) is 19.5 Å². The zero-order chi connectivity index (χ0) is 23.2. The van der Waals surface area contributed by atoms with Crippen molar-refractivity contribution in [1.29, 1.82) is 0 Å². The Morgan fingerprint density at radius 2 is 1.91 bits per heavy atom. The number of benzene rings is 1. The summed E-state index contributed by atoms with van der Waals surface area (Å²) >= 11 is 0. The number of aromatic amines is 1. The Morgan fingerprint density at radius 1 is 1.09 bits per heavy atom. The van der Waals surface area contributed by atoms with Gasteiger partial charge in [-0.15, -0.1) is 5.10 Å². The van der Waals surface area contributed by atoms with Gasteiger partial charge in [-0.2, -0.15) is 0 Å². The van der Waals surface area contributed by atoms with Crippen LogP contribution in [0.3, 0.4) is 0 Å². The average Bonchev–Trinajstić information content (AvgIpc) is 3.45. The summed E-state index contributed by atoms with van der Waals surface area (Å²) < 4.78 is 3.80. The van der Waals surface area contributed by atoms with Gasteiger partial charge in [-0.1, -0.05) is 57.9 Å². The predicted molar refractivity (Wildman–Crippen MR) is 129 cm³/mol. The molecule has 0 bridgehead atoms. The van der Waals surface area contributed by atoms with Crippen LogP contribution in [0.1, 0.15) is 51.3 Å². The minimum absolute atomic E-state index is 0.0732. The second kappa shape index (κ2) is 10.4. The van der Waals surface area contributed by atoms with E-state index >= 15 is 0 Å². The number of aromatic nitrogens is 7. The van der Waals surface area contributed by atoms with Gasteiger partial charge in [0, 0.05) is 35.8 Å². The van der Waals surface area contributed by atoms with E-state index in [4.69, 9.17) is 0 Å². The minimum atomic E-state index is 0.0732. The van der Waals surface area contributed by atoms with Gasteiger partial charge in [0.25, 0.3) is 0 Å². The van der Waals surface area contributed by atoms with Crippen LogP contribution in [0.2, 0.25) is 0 Å². The molecule has 8 heteroatoms. The van der Waals surface area contributed by atoms with Crippen molar-refractivity contribution in [3.05, 3.63) is 70.5 Å². The molecule has 0 aliphatic carbocycles. The van der Waals surface area contributed by atoms with E-state index in [9.17, 15) is 4.79 Å². The van der Waals surface area contributed by atoms with E-state index in [0.29, 0.717) is 18.3 Å². The molecule has 0 amide bonds. The van der Waals surface area contributed by atoms with Crippen LogP contribution in [0.15, 0.2) is 53.6 Å². The number of hydrogen-bond donors (Lipinski definition) is 1. The number of nitrogens with one attached hydrogen (secondary N) is 1. The van der Waals surface area contributed by atoms with Crippen LogP contribution in [0.5, 0.6) is 0 Å². The maximum absolute atomic E-state index is 13.1. The molecule has 0 atom stereocenters. The Morgan fingerprint density at radius 3 is 2.61 bits per heavy atom. The first-order chi connectivity index (χ1) is 16.1. The van der Waals surface area contributed by atoms with Gasteiger partial charge in [-0.25, -0.2) is 9.89 Å². The maximum Gasteiger partial charge on any atom is 0.328 e. The Hall–Kier alpha value is -3.55. The lowest BCUT2D eigenvalue weighted by Crippen LogP contribution is -2.26. The van der Waals surface area contributed by atoms with Gasteiger partial charge in [0.15, 0.2) is 5.82 Å². The summed E-state index contributed by atoms with van der Waals surface area (Å²) in [6, 6.07) is 12.0. The van der Waals surface area contributed by atoms with Crippen molar-refractivity contribution in [3.8, 4) is 22.6 Å². The van der Waals surface area contributed by atoms with E-state index in [2.05, 4.69) is 64.7 Å². The first-order valence-corrected chi connectivity index (χ1v) is 11.6. The highest BCUT2D eigenvalue weighted by Gasteiger charge is 2.14. The van der Waals surface area contributed by atoms with Crippen molar-refractivity contribution in [2.24, 2.45) is 5.92 Å². The molecule has 0 spiro atoms. The molecular formula is C25H31N7O. The molecule has 172 valence electrons. The Labute approximate surface area is 193 Å². The number of rotatable bonds is 10. The summed E-state index contributed by atoms with van der Waals surface area (Å²) in [7, 11) is 0. The number of pyridine rings is 1. The molecule has 8 nitrogen and oxygen atoms in total. The predicted octanol–water partition coefficient (Wildman–Crippen LogP) is 4.33. The minimum Gasteiger partial charge on any atom is -0.299 e. The molecule has 33 heavy (non-hydrogen) atoms. The number of aryl methyl sites for hydroxylation is 1. The molecule has 0 radical (unpaired) electrons. The van der Waals surface area contributed by atoms with Gasteiger partial charge in [-0.05, 0) is 46.9 Å². The molecule has 3 aromatic heterocycles. The fourth-order valence-electron chi connectivity index (χ4n) is 4.08. The first kappa shape index (κ1) is 22.6. The normalized spacial score (nSPS) is 11.4. The lowest BCUT2D eigenvalue weighted by molar-refractivity contribution is 0.503. The van der Waals surface area contributed by atoms with Crippen LogP contribution in [0, 0.1) is 5.92 Å². The zero-order valence-electron chi connectivity index (χ0n) is 19.5. The summed E-state index contributed by atoms with van der Waals surface area (Å²) in [4.78, 5) is 17.7. The van der Waals surface area contributed by atoms with Crippen LogP contribution in [0.4, 0.5) is 0 Å². The van der Waals surface area contributed by atoms with Crippen LogP contribution >= 0.6 is 0 Å². The van der Waals surface area contributed by atoms with Crippen LogP contribution in [-0.4, -0.2) is 34.7 Å². The lowest BCUT2D eigenvalue weighted by atomic mass is 10.0. The number of tetrazole rings is 1. The number of imidazole rings is 1. The molecule has 0 saturated carbocycles. The number of hydrogen-bond acceptors (Lipinski definition) is 5. The number of unbranched alkanes of at least 4 members (excludes halogenated alkanes) is 2. The standard InChI is InChI=1S/C25H31N7O/c1-4-5-6-8-21-17-31(15-18(2)3)25(33)32(21)16-19-10-12-20(13-11-19)23-22(9-7-14-26-23)24-27-29-30-28-24/h7,9-14,17-18H,4-6,8,15-16H2,1-3H3,(H,27,28,29,30). The quantitative estimate of drug-likeness (QED) is 0.367. The fourth-order valence-corrected chi connectivity index (χ4v) is 4.08. The van der Waals surface area contributed by atoms with E-state index in [1.54, 1.807) is 6.20 Å². The highest BCUT2D eigenvalue weighted by Crippen LogP contribution is 2.27. The van der Waals surface area contributed by atoms with Gasteiger partial charge in [0.05, 0.1) is 12.2 Å². The Bertz CT molecular complexity index is 1220. The summed E-state index contributed by atoms with van der Waals surface area (Å²) in [6.45, 7) is 7.78. The molecule has 1 N–H and O–H groups in total. The molecule has 1 aromatic carbocycles. The smallest absolute Gasteiger partial charge is 0.299 e. The third kappa shape index (κ3) is 5.27. The van der Waals surface area contributed by atoms with E-state index in [1.165, 1.54) is 6.42 Å². The summed E-state index contributed by atoms with van der Waals surface area (Å²) in [5.41, 5.74) is 4.89.